The Balaban J connectivity index is 0.000000225. The molecular formula is C67H97F2N25O22. The van der Waals surface area contributed by atoms with Crippen LogP contribution in [0.4, 0.5) is 8.78 Å². The van der Waals surface area contributed by atoms with Gasteiger partial charge in [0.1, 0.15) is 42.3 Å². The summed E-state index contributed by atoms with van der Waals surface area (Å²) in [6, 6.07) is 7.81. The van der Waals surface area contributed by atoms with Gasteiger partial charge >= 0.3 is 28.4 Å². The number of nitrogens with zero attached hydrogens (tertiary/aromatic N) is 25. The highest BCUT2D eigenvalue weighted by Crippen LogP contribution is 2.47. The SMILES string of the molecule is Cc1ccn([C@@H]2O[C@@](COC(C)C)(N=[N+]=[N-])[C@@H](F)[C@H]2O)c(=O)n1.Cc1ccn([C@@H]2O[C@@](COC(C)C)(N=[N+]=[N-])[C@@H](O)[C@@H]2C)c(=O)n1.Cc1ccn([C@@H]2O[C@@](COC(C)C)(N=[N+]=[N-])[C@@H](O)[C@@H]2F)c(=O)n1.Cc1ccn([C@@H]2O[C@@](COC(C)C)(N=[N+]=[N-])[C@@H](O)[C@@H]2O)c(=O)n1.Cc1ccn([C@@H]2O[C@@](COC(C)C)(N=[N+]=[N-])[C@@H](O)[C@@]2(C)O)c(=O)n1. The highest BCUT2D eigenvalue weighted by molar-refractivity contribution is 5.11. The minimum Gasteiger partial charge on any atom is -0.389 e. The molecule has 0 amide bonds. The number of alkyl halides is 2. The molecule has 0 radical (unpaired) electrons. The van der Waals surface area contributed by atoms with Crippen LogP contribution in [0.5, 0.6) is 0 Å². The summed E-state index contributed by atoms with van der Waals surface area (Å²) in [5.74, 6) is -0.488. The summed E-state index contributed by atoms with van der Waals surface area (Å²) in [4.78, 5) is 92.0. The van der Waals surface area contributed by atoms with Gasteiger partial charge in [-0.1, -0.05) is 32.5 Å². The molecule has 0 aromatic carbocycles. The lowest BCUT2D eigenvalue weighted by Gasteiger charge is -2.29. The van der Waals surface area contributed by atoms with Crippen LogP contribution < -0.4 is 28.4 Å². The molecule has 10 heterocycles. The van der Waals surface area contributed by atoms with Crippen LogP contribution in [0.2, 0.25) is 0 Å². The number of aliphatic hydroxyl groups excluding tert-OH is 6. The van der Waals surface area contributed by atoms with Gasteiger partial charge in [0.15, 0.2) is 43.0 Å². The average Bonchev–Trinajstić information content (AvgIpc) is 1.59. The minimum atomic E-state index is -2.06. The van der Waals surface area contributed by atoms with Crippen molar-refractivity contribution < 1.29 is 91.9 Å². The summed E-state index contributed by atoms with van der Waals surface area (Å²) in [5, 5.41) is 89.9. The number of hydrogen-bond donors (Lipinski definition) is 7. The summed E-state index contributed by atoms with van der Waals surface area (Å²) >= 11 is 0. The topological polar surface area (TPSA) is 652 Å². The normalized spacial score (nSPS) is 30.9. The number of aryl methyl sites for hydroxylation is 5. The van der Waals surface area contributed by atoms with Crippen molar-refractivity contribution in [1.82, 2.24) is 47.8 Å². The van der Waals surface area contributed by atoms with E-state index >= 15 is 0 Å². The fourth-order valence-electron chi connectivity index (χ4n) is 11.9. The highest BCUT2D eigenvalue weighted by Gasteiger charge is 2.63. The van der Waals surface area contributed by atoms with Crippen LogP contribution in [0, 0.1) is 40.5 Å². The van der Waals surface area contributed by atoms with Crippen molar-refractivity contribution in [2.75, 3.05) is 33.0 Å². The third kappa shape index (κ3) is 22.0. The molecule has 116 heavy (non-hydrogen) atoms. The third-order valence-electron chi connectivity index (χ3n) is 18.0. The lowest BCUT2D eigenvalue weighted by Crippen LogP contribution is -2.51. The van der Waals surface area contributed by atoms with Crippen LogP contribution in [0.15, 0.2) is 111 Å². The van der Waals surface area contributed by atoms with Gasteiger partial charge in [-0.3, -0.25) is 22.8 Å². The first-order valence-corrected chi connectivity index (χ1v) is 36.0. The summed E-state index contributed by atoms with van der Waals surface area (Å²) in [6.45, 7) is 27.4. The zero-order chi connectivity index (χ0) is 86.9. The van der Waals surface area contributed by atoms with Gasteiger partial charge in [-0.2, -0.15) is 24.9 Å². The molecule has 49 heteroatoms. The van der Waals surface area contributed by atoms with Crippen LogP contribution in [0.25, 0.3) is 52.2 Å². The largest absolute Gasteiger partial charge is 0.389 e. The molecule has 5 aliphatic heterocycles. The van der Waals surface area contributed by atoms with E-state index in [0.717, 1.165) is 18.3 Å². The van der Waals surface area contributed by atoms with Crippen LogP contribution in [0.1, 0.15) is 143 Å². The zero-order valence-corrected chi connectivity index (χ0v) is 66.5. The van der Waals surface area contributed by atoms with E-state index < -0.39 is 155 Å². The first-order chi connectivity index (χ1) is 54.4. The third-order valence-corrected chi connectivity index (χ3v) is 18.0. The number of halogens is 2. The van der Waals surface area contributed by atoms with Gasteiger partial charge in [-0.15, -0.1) is 0 Å². The molecule has 0 saturated carbocycles. The number of azide groups is 5. The molecule has 7 N–H and O–H groups in total. The fourth-order valence-corrected chi connectivity index (χ4v) is 11.9. The predicted octanol–water partition coefficient (Wildman–Crippen LogP) is 4.79. The standard InChI is InChI=1S/C14H21N5O5.C14H21N5O4.2C13H18FN5O4.C13H19N5O5/c1-8(2)23-7-14(17-18-15)10(20)13(4,22)11(24-14)19-6-5-9(3)16-12(19)21;1-8(2)22-7-14(17-18-15)11(20)10(4)12(23-14)19-6-5-9(3)16-13(19)21;1-7(2)22-6-13(17-18-15)10(14)9(20)11(23-13)19-5-4-8(3)16-12(19)21;1-7(2)22-6-13(17-18-15)10(20)9(14)11(23-13)19-5-4-8(3)16-12(19)21;1-7(2)22-6-13(16-17-14)10(20)9(19)11(23-13)18-5-4-8(3)15-12(18)21/h5-6,8,10-11,20,22H,7H2,1-4H3;5-6,8,10-12,20H,7H2,1-4H3;2*4-5,7,9-11,20H,6H2,1-3H3;4-5,7,9-11,19-20H,6H2,1-3H3/t10-,11+,13+,14+;10-,11-,12+,14+;9-,10+,11-,13-;2*9-,10-,11+,13+/m00100/s1. The van der Waals surface area contributed by atoms with E-state index in [1.54, 1.807) is 121 Å². The Morgan fingerprint density at radius 3 is 1.03 bits per heavy atom. The Morgan fingerprint density at radius 1 is 0.414 bits per heavy atom. The molecule has 0 bridgehead atoms. The van der Waals surface area contributed by atoms with Gasteiger partial charge in [-0.05, 0) is 169 Å². The number of aliphatic hydroxyl groups is 7. The molecule has 0 spiro atoms. The molecule has 0 unspecified atom stereocenters. The minimum absolute atomic E-state index is 0.106. The fraction of sp³-hybridized carbons (Fsp3) is 0.701. The van der Waals surface area contributed by atoms with Gasteiger partial charge in [0.05, 0.1) is 69.7 Å². The maximum Gasteiger partial charge on any atom is 0.349 e. The second-order valence-electron chi connectivity index (χ2n) is 28.9. The first-order valence-electron chi connectivity index (χ1n) is 36.0. The van der Waals surface area contributed by atoms with Crippen molar-refractivity contribution in [2.45, 2.75) is 263 Å². The molecule has 5 aliphatic rings. The zero-order valence-electron chi connectivity index (χ0n) is 66.5. The molecule has 5 aromatic rings. The summed E-state index contributed by atoms with van der Waals surface area (Å²) in [7, 11) is 0. The van der Waals surface area contributed by atoms with Crippen molar-refractivity contribution in [3.05, 3.63) is 194 Å². The number of rotatable bonds is 25. The second-order valence-corrected chi connectivity index (χ2v) is 28.9. The number of hydrogen-bond acceptors (Lipinski definition) is 32. The van der Waals surface area contributed by atoms with Gasteiger partial charge < -0.3 is 83.1 Å². The predicted molar refractivity (Wildman–Crippen MR) is 397 cm³/mol. The van der Waals surface area contributed by atoms with E-state index in [9.17, 15) is 68.5 Å². The quantitative estimate of drug-likeness (QED) is 0.0234. The number of ether oxygens (including phenoxy) is 10. The van der Waals surface area contributed by atoms with Crippen molar-refractivity contribution in [3.63, 3.8) is 0 Å². The highest BCUT2D eigenvalue weighted by atomic mass is 19.1. The lowest BCUT2D eigenvalue weighted by atomic mass is 9.93. The summed E-state index contributed by atoms with van der Waals surface area (Å²) < 4.78 is 89.0. The lowest BCUT2D eigenvalue weighted by molar-refractivity contribution is -0.146. The van der Waals surface area contributed by atoms with Crippen molar-refractivity contribution in [1.29, 1.82) is 0 Å². The number of aromatic nitrogens is 10. The molecule has 636 valence electrons. The van der Waals surface area contributed by atoms with E-state index in [-0.39, 0.29) is 56.9 Å². The van der Waals surface area contributed by atoms with Gasteiger partial charge in [0.2, 0.25) is 22.9 Å². The van der Waals surface area contributed by atoms with Crippen LogP contribution in [-0.2, 0) is 47.4 Å². The Bertz CT molecular complexity index is 4300. The molecule has 5 fully saturated rings. The van der Waals surface area contributed by atoms with Gasteiger partial charge in [-0.25, -0.2) is 32.8 Å². The Labute approximate surface area is 659 Å². The Hall–Kier alpha value is -9.87. The van der Waals surface area contributed by atoms with Crippen molar-refractivity contribution >= 4 is 0 Å². The smallest absolute Gasteiger partial charge is 0.349 e. The van der Waals surface area contributed by atoms with E-state index in [1.807, 2.05) is 13.8 Å². The molecule has 20 atom stereocenters. The molecular weight excluding hydrogens is 1540 g/mol. The van der Waals surface area contributed by atoms with Crippen LogP contribution >= 0.6 is 0 Å². The Kier molecular flexibility index (Phi) is 33.0. The molecule has 5 aromatic heterocycles. The molecule has 47 nitrogen and oxygen atoms in total. The maximum atomic E-state index is 14.6. The Morgan fingerprint density at radius 2 is 0.681 bits per heavy atom. The average molecular weight is 1640 g/mol. The van der Waals surface area contributed by atoms with Gasteiger partial charge in [0, 0.05) is 89.9 Å². The van der Waals surface area contributed by atoms with Crippen molar-refractivity contribution in [2.24, 2.45) is 31.5 Å². The van der Waals surface area contributed by atoms with E-state index in [0.29, 0.717) is 28.5 Å². The van der Waals surface area contributed by atoms with E-state index in [2.05, 4.69) is 75.0 Å². The first kappa shape index (κ1) is 95.0. The van der Waals surface area contributed by atoms with Gasteiger partial charge in [0.25, 0.3) is 0 Å². The second kappa shape index (κ2) is 40.3. The summed E-state index contributed by atoms with van der Waals surface area (Å²) in [6.07, 6.45) is -13.6. The monoisotopic (exact) mass is 1640 g/mol. The van der Waals surface area contributed by atoms with E-state index in [4.69, 9.17) is 75.0 Å². The molecule has 10 rings (SSSR count). The summed E-state index contributed by atoms with van der Waals surface area (Å²) in [5.41, 5.74) is 32.0. The van der Waals surface area contributed by atoms with Crippen molar-refractivity contribution in [3.8, 4) is 0 Å². The molecule has 5 saturated heterocycles. The maximum absolute atomic E-state index is 14.6. The molecule has 0 aliphatic carbocycles. The van der Waals surface area contributed by atoms with Crippen LogP contribution in [0.3, 0.4) is 0 Å². The van der Waals surface area contributed by atoms with E-state index in [1.165, 1.54) is 48.4 Å². The van der Waals surface area contributed by atoms with Crippen LogP contribution in [-0.4, -0.2) is 230 Å².